The van der Waals surface area contributed by atoms with Crippen LogP contribution in [0.25, 0.3) is 22.4 Å². The van der Waals surface area contributed by atoms with E-state index < -0.39 is 17.8 Å². The van der Waals surface area contributed by atoms with Crippen LogP contribution in [0, 0.1) is 0 Å². The SMILES string of the molecule is CN(C)CCNc1nc(-c2ccc(NC(=O)Nc3ccccc3)cc2C(F)(F)F)nc2cncnc12. The van der Waals surface area contributed by atoms with Crippen LogP contribution in [0.4, 0.5) is 35.2 Å². The molecule has 2 heterocycles. The summed E-state index contributed by atoms with van der Waals surface area (Å²) in [5.74, 6) is 0.161. The highest BCUT2D eigenvalue weighted by Gasteiger charge is 2.35. The number of likely N-dealkylation sites (N-methyl/N-ethyl adjacent to an activating group) is 1. The van der Waals surface area contributed by atoms with Gasteiger partial charge in [-0.05, 0) is 44.4 Å². The van der Waals surface area contributed by atoms with Crippen LogP contribution in [0.15, 0.2) is 61.1 Å². The van der Waals surface area contributed by atoms with Crippen molar-refractivity contribution in [1.82, 2.24) is 24.8 Å². The summed E-state index contributed by atoms with van der Waals surface area (Å²) in [6, 6.07) is 11.3. The third-order valence-corrected chi connectivity index (χ3v) is 5.07. The first-order chi connectivity index (χ1) is 17.2. The van der Waals surface area contributed by atoms with Gasteiger partial charge in [-0.1, -0.05) is 18.2 Å². The highest BCUT2D eigenvalue weighted by molar-refractivity contribution is 6.00. The van der Waals surface area contributed by atoms with E-state index in [9.17, 15) is 18.0 Å². The van der Waals surface area contributed by atoms with Crippen molar-refractivity contribution in [1.29, 1.82) is 0 Å². The fourth-order valence-corrected chi connectivity index (χ4v) is 3.39. The molecule has 2 aromatic heterocycles. The van der Waals surface area contributed by atoms with E-state index in [2.05, 4.69) is 35.9 Å². The number of carbonyl (C=O) groups is 1. The molecule has 3 N–H and O–H groups in total. The average molecular weight is 496 g/mol. The van der Waals surface area contributed by atoms with Crippen LogP contribution >= 0.6 is 0 Å². The van der Waals surface area contributed by atoms with Gasteiger partial charge in [0.15, 0.2) is 11.6 Å². The van der Waals surface area contributed by atoms with E-state index in [0.717, 1.165) is 6.07 Å². The summed E-state index contributed by atoms with van der Waals surface area (Å²) in [5.41, 5.74) is -0.0607. The molecule has 0 unspecified atom stereocenters. The summed E-state index contributed by atoms with van der Waals surface area (Å²) in [7, 11) is 3.80. The number of hydrogen-bond acceptors (Lipinski definition) is 7. The standard InChI is InChI=1S/C24H23F3N8O/c1-35(2)11-10-29-22-20-19(13-28-14-30-20)33-21(34-22)17-9-8-16(12-18(17)24(25,26)27)32-23(36)31-15-6-4-3-5-7-15/h3-9,12-14H,10-11H2,1-2H3,(H,29,33,34)(H2,31,32,36). The second-order valence-corrected chi connectivity index (χ2v) is 8.09. The minimum Gasteiger partial charge on any atom is -0.367 e. The van der Waals surface area contributed by atoms with Crippen LogP contribution in [0.2, 0.25) is 0 Å². The summed E-state index contributed by atoms with van der Waals surface area (Å²) in [6.07, 6.45) is -1.99. The summed E-state index contributed by atoms with van der Waals surface area (Å²) in [6.45, 7) is 1.17. The van der Waals surface area contributed by atoms with Crippen molar-refractivity contribution in [2.75, 3.05) is 43.1 Å². The van der Waals surface area contributed by atoms with Crippen LogP contribution in [-0.4, -0.2) is 58.1 Å². The second-order valence-electron chi connectivity index (χ2n) is 8.09. The largest absolute Gasteiger partial charge is 0.417 e. The summed E-state index contributed by atoms with van der Waals surface area (Å²) < 4.78 is 42.2. The Morgan fingerprint density at radius 3 is 2.47 bits per heavy atom. The van der Waals surface area contributed by atoms with Crippen molar-refractivity contribution in [2.45, 2.75) is 6.18 Å². The van der Waals surface area contributed by atoms with Crippen molar-refractivity contribution in [2.24, 2.45) is 0 Å². The Kier molecular flexibility index (Phi) is 7.25. The molecule has 0 radical (unpaired) electrons. The number of anilines is 3. The lowest BCUT2D eigenvalue weighted by molar-refractivity contribution is -0.137. The van der Waals surface area contributed by atoms with Crippen LogP contribution < -0.4 is 16.0 Å². The van der Waals surface area contributed by atoms with Gasteiger partial charge in [0.2, 0.25) is 0 Å². The molecule has 4 aromatic rings. The van der Waals surface area contributed by atoms with Crippen molar-refractivity contribution in [3.05, 3.63) is 66.6 Å². The Morgan fingerprint density at radius 2 is 1.75 bits per heavy atom. The number of alkyl halides is 3. The lowest BCUT2D eigenvalue weighted by atomic mass is 10.0. The molecule has 0 saturated heterocycles. The number of urea groups is 1. The van der Waals surface area contributed by atoms with Crippen molar-refractivity contribution < 1.29 is 18.0 Å². The van der Waals surface area contributed by atoms with Crippen LogP contribution in [-0.2, 0) is 6.18 Å². The number of rotatable bonds is 7. The van der Waals surface area contributed by atoms with Crippen molar-refractivity contribution in [3.8, 4) is 11.4 Å². The van der Waals surface area contributed by atoms with E-state index in [0.29, 0.717) is 35.6 Å². The molecule has 36 heavy (non-hydrogen) atoms. The van der Waals surface area contributed by atoms with Gasteiger partial charge in [0.05, 0.1) is 11.8 Å². The minimum atomic E-state index is -4.73. The van der Waals surface area contributed by atoms with E-state index in [1.54, 1.807) is 30.3 Å². The number of nitrogens with zero attached hydrogens (tertiary/aromatic N) is 5. The Bertz CT molecular complexity index is 1360. The third-order valence-electron chi connectivity index (χ3n) is 5.07. The first-order valence-corrected chi connectivity index (χ1v) is 10.9. The summed E-state index contributed by atoms with van der Waals surface area (Å²) >= 11 is 0. The van der Waals surface area contributed by atoms with Gasteiger partial charge in [0, 0.05) is 30.0 Å². The van der Waals surface area contributed by atoms with E-state index in [4.69, 9.17) is 0 Å². The van der Waals surface area contributed by atoms with Gasteiger partial charge in [-0.15, -0.1) is 0 Å². The first kappa shape index (κ1) is 24.8. The summed E-state index contributed by atoms with van der Waals surface area (Å²) in [5, 5.41) is 8.12. The van der Waals surface area contributed by atoms with Crippen molar-refractivity contribution >= 4 is 34.3 Å². The molecule has 0 fully saturated rings. The number of benzene rings is 2. The number of nitrogens with one attached hydrogen (secondary N) is 3. The second kappa shape index (κ2) is 10.5. The lowest BCUT2D eigenvalue weighted by Crippen LogP contribution is -2.21. The number of aromatic nitrogens is 4. The van der Waals surface area contributed by atoms with E-state index in [-0.39, 0.29) is 17.1 Å². The zero-order valence-electron chi connectivity index (χ0n) is 19.5. The van der Waals surface area contributed by atoms with Crippen LogP contribution in [0.1, 0.15) is 5.56 Å². The Hall–Kier alpha value is -4.32. The number of para-hydroxylation sites is 1. The predicted molar refractivity (Wildman–Crippen MR) is 132 cm³/mol. The smallest absolute Gasteiger partial charge is 0.367 e. The van der Waals surface area contributed by atoms with Gasteiger partial charge in [-0.3, -0.25) is 0 Å². The molecule has 9 nitrogen and oxygen atoms in total. The van der Waals surface area contributed by atoms with Gasteiger partial charge in [0.25, 0.3) is 0 Å². The van der Waals surface area contributed by atoms with E-state index in [1.165, 1.54) is 24.7 Å². The van der Waals surface area contributed by atoms with E-state index in [1.807, 2.05) is 19.0 Å². The number of hydrogen-bond donors (Lipinski definition) is 3. The van der Waals surface area contributed by atoms with Crippen molar-refractivity contribution in [3.63, 3.8) is 0 Å². The molecular formula is C24H23F3N8O. The predicted octanol–water partition coefficient (Wildman–Crippen LogP) is 4.72. The van der Waals surface area contributed by atoms with Crippen LogP contribution in [0.3, 0.4) is 0 Å². The maximum absolute atomic E-state index is 14.1. The van der Waals surface area contributed by atoms with Gasteiger partial charge >= 0.3 is 12.2 Å². The molecule has 2 aromatic carbocycles. The highest BCUT2D eigenvalue weighted by atomic mass is 19.4. The molecule has 0 aliphatic carbocycles. The number of carbonyl (C=O) groups excluding carboxylic acids is 1. The molecule has 12 heteroatoms. The number of halogens is 3. The molecule has 2 amide bonds. The molecule has 0 spiro atoms. The Balaban J connectivity index is 1.68. The normalized spacial score (nSPS) is 11.5. The molecule has 0 aliphatic rings. The quantitative estimate of drug-likeness (QED) is 0.340. The number of amides is 2. The zero-order chi connectivity index (χ0) is 25.7. The van der Waals surface area contributed by atoms with Crippen LogP contribution in [0.5, 0.6) is 0 Å². The Morgan fingerprint density at radius 1 is 1.00 bits per heavy atom. The molecule has 0 bridgehead atoms. The molecule has 0 aliphatic heterocycles. The topological polar surface area (TPSA) is 108 Å². The maximum atomic E-state index is 14.1. The fraction of sp³-hybridized carbons (Fsp3) is 0.208. The average Bonchev–Trinajstić information content (AvgIpc) is 2.83. The van der Waals surface area contributed by atoms with Gasteiger partial charge < -0.3 is 20.9 Å². The lowest BCUT2D eigenvalue weighted by Gasteiger charge is -2.16. The monoisotopic (exact) mass is 496 g/mol. The van der Waals surface area contributed by atoms with Gasteiger partial charge in [0.1, 0.15) is 17.4 Å². The zero-order valence-corrected chi connectivity index (χ0v) is 19.5. The van der Waals surface area contributed by atoms with Gasteiger partial charge in [-0.2, -0.15) is 13.2 Å². The molecule has 0 atom stereocenters. The Labute approximate surface area is 204 Å². The van der Waals surface area contributed by atoms with Gasteiger partial charge in [-0.25, -0.2) is 24.7 Å². The summed E-state index contributed by atoms with van der Waals surface area (Å²) in [4.78, 5) is 31.0. The highest BCUT2D eigenvalue weighted by Crippen LogP contribution is 2.38. The van der Waals surface area contributed by atoms with E-state index >= 15 is 0 Å². The minimum absolute atomic E-state index is 0.0343. The molecular weight excluding hydrogens is 473 g/mol. The number of fused-ring (bicyclic) bond motifs is 1. The maximum Gasteiger partial charge on any atom is 0.417 e. The third kappa shape index (κ3) is 6.02. The molecule has 0 saturated carbocycles. The molecule has 4 rings (SSSR count). The first-order valence-electron chi connectivity index (χ1n) is 10.9. The molecule has 186 valence electrons. The fourth-order valence-electron chi connectivity index (χ4n) is 3.39.